The van der Waals surface area contributed by atoms with Crippen LogP contribution in [0.15, 0.2) is 16.6 Å². The van der Waals surface area contributed by atoms with Gasteiger partial charge in [-0.25, -0.2) is 0 Å². The Morgan fingerprint density at radius 2 is 2.00 bits per heavy atom. The summed E-state index contributed by atoms with van der Waals surface area (Å²) in [6.07, 6.45) is 6.47. The molecule has 2 nitrogen and oxygen atoms in total. The highest BCUT2D eigenvalue weighted by Crippen LogP contribution is 2.05. The van der Waals surface area contributed by atoms with Crippen molar-refractivity contribution < 1.29 is 0 Å². The Morgan fingerprint density at radius 1 is 1.36 bits per heavy atom. The zero-order chi connectivity index (χ0) is 11.0. The minimum atomic E-state index is 0.637. The number of nitrogens with zero attached hydrogens (tertiary/aromatic N) is 1. The van der Waals surface area contributed by atoms with Crippen molar-refractivity contribution >= 4 is 11.4 Å². The van der Waals surface area contributed by atoms with Gasteiger partial charge in [0.2, 0.25) is 0 Å². The normalized spacial score (nSPS) is 13.1. The molecule has 0 saturated heterocycles. The van der Waals surface area contributed by atoms with E-state index in [-0.39, 0.29) is 0 Å². The molecule has 0 atom stereocenters. The molecule has 0 aromatic carbocycles. The molecule has 0 heterocycles. The van der Waals surface area contributed by atoms with E-state index in [0.717, 1.165) is 24.1 Å². The lowest BCUT2D eigenvalue weighted by Gasteiger charge is -2.05. The molecule has 2 heteroatoms. The van der Waals surface area contributed by atoms with Gasteiger partial charge in [0.1, 0.15) is 0 Å². The third-order valence-electron chi connectivity index (χ3n) is 2.24. The molecule has 0 aliphatic rings. The highest BCUT2D eigenvalue weighted by atomic mass is 14.7. The Bertz CT molecular complexity index is 237. The van der Waals surface area contributed by atoms with Gasteiger partial charge in [-0.05, 0) is 25.3 Å². The molecule has 0 aliphatic carbocycles. The molecular formula is C12H22N2. The van der Waals surface area contributed by atoms with Gasteiger partial charge in [0.05, 0.1) is 11.4 Å². The molecule has 0 spiro atoms. The van der Waals surface area contributed by atoms with Crippen molar-refractivity contribution in [3.05, 3.63) is 11.6 Å². The van der Waals surface area contributed by atoms with E-state index in [0.29, 0.717) is 5.71 Å². The van der Waals surface area contributed by atoms with Crippen LogP contribution in [0.5, 0.6) is 0 Å². The van der Waals surface area contributed by atoms with Gasteiger partial charge in [-0.2, -0.15) is 0 Å². The second-order valence-corrected chi connectivity index (χ2v) is 3.43. The third-order valence-corrected chi connectivity index (χ3v) is 2.24. The van der Waals surface area contributed by atoms with Crippen LogP contribution >= 0.6 is 0 Å². The average molecular weight is 194 g/mol. The van der Waals surface area contributed by atoms with Gasteiger partial charge < -0.3 is 5.41 Å². The maximum absolute atomic E-state index is 7.73. The molecular weight excluding hydrogens is 172 g/mol. The van der Waals surface area contributed by atoms with Crippen LogP contribution in [0.1, 0.15) is 46.5 Å². The van der Waals surface area contributed by atoms with Crippen LogP contribution in [-0.4, -0.2) is 18.5 Å². The van der Waals surface area contributed by atoms with Gasteiger partial charge in [0.15, 0.2) is 0 Å². The van der Waals surface area contributed by atoms with Crippen molar-refractivity contribution in [3.8, 4) is 0 Å². The molecule has 0 aliphatic heterocycles. The zero-order valence-corrected chi connectivity index (χ0v) is 9.85. The molecule has 1 N–H and O–H groups in total. The molecule has 0 radical (unpaired) electrons. The lowest BCUT2D eigenvalue weighted by Crippen LogP contribution is -2.13. The summed E-state index contributed by atoms with van der Waals surface area (Å²) in [6, 6.07) is 0. The first-order valence-corrected chi connectivity index (χ1v) is 5.39. The number of nitrogens with one attached hydrogen (secondary N) is 1. The highest BCUT2D eigenvalue weighted by molar-refractivity contribution is 6.47. The second-order valence-electron chi connectivity index (χ2n) is 3.43. The number of aliphatic imine (C=N–C) groups is 1. The topological polar surface area (TPSA) is 36.2 Å². The fourth-order valence-corrected chi connectivity index (χ4v) is 1.34. The van der Waals surface area contributed by atoms with Crippen molar-refractivity contribution in [2.45, 2.75) is 46.5 Å². The number of hydrogen-bond donors (Lipinski definition) is 1. The first-order valence-electron chi connectivity index (χ1n) is 5.39. The van der Waals surface area contributed by atoms with Crippen molar-refractivity contribution in [2.75, 3.05) is 7.05 Å². The smallest absolute Gasteiger partial charge is 0.0804 e. The molecule has 0 rings (SSSR count). The van der Waals surface area contributed by atoms with Crippen LogP contribution < -0.4 is 0 Å². The van der Waals surface area contributed by atoms with Crippen LogP contribution in [0, 0.1) is 5.41 Å². The van der Waals surface area contributed by atoms with Gasteiger partial charge in [-0.3, -0.25) is 4.99 Å². The quantitative estimate of drug-likeness (QED) is 0.495. The Labute approximate surface area is 87.6 Å². The van der Waals surface area contributed by atoms with E-state index in [4.69, 9.17) is 5.41 Å². The van der Waals surface area contributed by atoms with Gasteiger partial charge in [-0.1, -0.05) is 32.8 Å². The summed E-state index contributed by atoms with van der Waals surface area (Å²) < 4.78 is 0. The molecule has 0 amide bonds. The molecule has 0 aromatic heterocycles. The lowest BCUT2D eigenvalue weighted by atomic mass is 10.0. The molecule has 0 unspecified atom stereocenters. The maximum Gasteiger partial charge on any atom is 0.0804 e. The first-order chi connectivity index (χ1) is 6.67. The van der Waals surface area contributed by atoms with Gasteiger partial charge >= 0.3 is 0 Å². The van der Waals surface area contributed by atoms with E-state index in [2.05, 4.69) is 18.0 Å². The third kappa shape index (κ3) is 4.35. The van der Waals surface area contributed by atoms with Crippen molar-refractivity contribution in [1.29, 1.82) is 5.41 Å². The largest absolute Gasteiger partial charge is 0.303 e. The van der Waals surface area contributed by atoms with Crippen LogP contribution in [-0.2, 0) is 0 Å². The molecule has 0 saturated carbocycles. The lowest BCUT2D eigenvalue weighted by molar-refractivity contribution is 0.813. The Hall–Kier alpha value is -0.920. The van der Waals surface area contributed by atoms with Crippen molar-refractivity contribution in [1.82, 2.24) is 0 Å². The summed E-state index contributed by atoms with van der Waals surface area (Å²) in [7, 11) is 1.76. The Morgan fingerprint density at radius 3 is 2.43 bits per heavy atom. The summed E-state index contributed by atoms with van der Waals surface area (Å²) in [5.41, 5.74) is 2.65. The van der Waals surface area contributed by atoms with E-state index < -0.39 is 0 Å². The average Bonchev–Trinajstić information content (AvgIpc) is 2.19. The van der Waals surface area contributed by atoms with Gasteiger partial charge in [-0.15, -0.1) is 0 Å². The number of allylic oxidation sites excluding steroid dienone is 2. The molecule has 0 bridgehead atoms. The fourth-order valence-electron chi connectivity index (χ4n) is 1.34. The van der Waals surface area contributed by atoms with E-state index in [1.807, 2.05) is 13.8 Å². The summed E-state index contributed by atoms with van der Waals surface area (Å²) in [5, 5.41) is 7.73. The minimum absolute atomic E-state index is 0.637. The van der Waals surface area contributed by atoms with Crippen LogP contribution in [0.4, 0.5) is 0 Å². The van der Waals surface area contributed by atoms with Gasteiger partial charge in [0, 0.05) is 7.05 Å². The van der Waals surface area contributed by atoms with E-state index in [1.54, 1.807) is 7.05 Å². The molecule has 14 heavy (non-hydrogen) atoms. The second kappa shape index (κ2) is 7.48. The summed E-state index contributed by atoms with van der Waals surface area (Å²) in [6.45, 7) is 6.22. The van der Waals surface area contributed by atoms with Crippen LogP contribution in [0.2, 0.25) is 0 Å². The monoisotopic (exact) mass is 194 g/mol. The van der Waals surface area contributed by atoms with E-state index in [1.165, 1.54) is 12.8 Å². The highest BCUT2D eigenvalue weighted by Gasteiger charge is 2.05. The SMILES string of the molecule is CCCC/C=C(\C)C(=NC)C(=N)CC. The number of hydrogen-bond acceptors (Lipinski definition) is 2. The predicted molar refractivity (Wildman–Crippen MR) is 64.7 cm³/mol. The number of unbranched alkanes of at least 4 members (excludes halogenated alkanes) is 2. The van der Waals surface area contributed by atoms with Crippen LogP contribution in [0.3, 0.4) is 0 Å². The first kappa shape index (κ1) is 13.1. The summed E-state index contributed by atoms with van der Waals surface area (Å²) >= 11 is 0. The standard InChI is InChI=1S/C12H22N2/c1-5-7-8-9-10(3)12(14-4)11(13)6-2/h9,13H,5-8H2,1-4H3/b10-9+,13-11?,14-12?. The van der Waals surface area contributed by atoms with Crippen molar-refractivity contribution in [2.24, 2.45) is 4.99 Å². The Balaban J connectivity index is 4.39. The molecule has 0 aromatic rings. The summed E-state index contributed by atoms with van der Waals surface area (Å²) in [4.78, 5) is 4.16. The van der Waals surface area contributed by atoms with Crippen molar-refractivity contribution in [3.63, 3.8) is 0 Å². The molecule has 0 fully saturated rings. The van der Waals surface area contributed by atoms with Gasteiger partial charge in [0.25, 0.3) is 0 Å². The van der Waals surface area contributed by atoms with E-state index >= 15 is 0 Å². The van der Waals surface area contributed by atoms with E-state index in [9.17, 15) is 0 Å². The maximum atomic E-state index is 7.73. The fraction of sp³-hybridized carbons (Fsp3) is 0.667. The summed E-state index contributed by atoms with van der Waals surface area (Å²) in [5.74, 6) is 0. The van der Waals surface area contributed by atoms with Crippen LogP contribution in [0.25, 0.3) is 0 Å². The number of rotatable bonds is 6. The minimum Gasteiger partial charge on any atom is -0.303 e. The molecule has 80 valence electrons. The zero-order valence-electron chi connectivity index (χ0n) is 9.85. The predicted octanol–water partition coefficient (Wildman–Crippen LogP) is 3.62. The Kier molecular flexibility index (Phi) is 6.99.